The van der Waals surface area contributed by atoms with Gasteiger partial charge in [-0.05, 0) is 31.6 Å². The van der Waals surface area contributed by atoms with Crippen molar-refractivity contribution in [2.24, 2.45) is 0 Å². The van der Waals surface area contributed by atoms with Crippen molar-refractivity contribution in [1.82, 2.24) is 10.1 Å². The van der Waals surface area contributed by atoms with Crippen LogP contribution in [0.5, 0.6) is 0 Å². The molecule has 0 aliphatic carbocycles. The molecule has 3 nitrogen and oxygen atoms in total. The molecule has 0 radical (unpaired) electrons. The van der Waals surface area contributed by atoms with Gasteiger partial charge in [0.1, 0.15) is 6.17 Å². The predicted octanol–water partition coefficient (Wildman–Crippen LogP) is 1.83. The van der Waals surface area contributed by atoms with Crippen LogP contribution in [0.25, 0.3) is 0 Å². The van der Waals surface area contributed by atoms with E-state index >= 15 is 0 Å². The molecule has 2 aliphatic heterocycles. The average Bonchev–Trinajstić information content (AvgIpc) is 2.80. The minimum Gasteiger partial charge on any atom is -0.437 e. The van der Waals surface area contributed by atoms with Crippen LogP contribution in [-0.4, -0.2) is 41.2 Å². The quantitative estimate of drug-likeness (QED) is 0.824. The van der Waals surface area contributed by atoms with Crippen LogP contribution in [0.1, 0.15) is 24.8 Å². The first kappa shape index (κ1) is 14.0. The summed E-state index contributed by atoms with van der Waals surface area (Å²) in [5.74, 6) is 0. The Kier molecular flexibility index (Phi) is 4.10. The van der Waals surface area contributed by atoms with Gasteiger partial charge in [-0.3, -0.25) is 0 Å². The van der Waals surface area contributed by atoms with Gasteiger partial charge in [-0.2, -0.15) is 0 Å². The lowest BCUT2D eigenvalue weighted by atomic mass is 9.78. The van der Waals surface area contributed by atoms with Crippen LogP contribution in [0.4, 0.5) is 4.39 Å². The molecule has 2 N–H and O–H groups in total. The van der Waals surface area contributed by atoms with Crippen molar-refractivity contribution in [1.29, 1.82) is 0 Å². The summed E-state index contributed by atoms with van der Waals surface area (Å²) >= 11 is 0. The molecule has 2 unspecified atom stereocenters. The molecule has 0 saturated carbocycles. The Bertz CT molecular complexity index is 445. The zero-order chi connectivity index (χ0) is 14.1. The number of alkyl halides is 1. The fourth-order valence-electron chi connectivity index (χ4n) is 3.81. The van der Waals surface area contributed by atoms with E-state index in [1.165, 1.54) is 5.56 Å². The van der Waals surface area contributed by atoms with Gasteiger partial charge in [0.25, 0.3) is 0 Å². The lowest BCUT2D eigenvalue weighted by molar-refractivity contribution is 0.0823. The van der Waals surface area contributed by atoms with Gasteiger partial charge in [-0.25, -0.2) is 4.39 Å². The molecule has 2 bridgehead atoms. The van der Waals surface area contributed by atoms with Gasteiger partial charge < -0.3 is 15.2 Å². The highest BCUT2D eigenvalue weighted by molar-refractivity contribution is 6.45. The van der Waals surface area contributed by atoms with E-state index in [-0.39, 0.29) is 12.1 Å². The Morgan fingerprint density at radius 1 is 1.35 bits per heavy atom. The first-order valence-electron chi connectivity index (χ1n) is 7.53. The largest absolute Gasteiger partial charge is 0.437 e. The summed E-state index contributed by atoms with van der Waals surface area (Å²) in [5.41, 5.74) is 1.19. The van der Waals surface area contributed by atoms with E-state index in [0.29, 0.717) is 12.6 Å². The lowest BCUT2D eigenvalue weighted by Gasteiger charge is -2.42. The van der Waals surface area contributed by atoms with Crippen molar-refractivity contribution in [2.45, 2.75) is 56.9 Å². The summed E-state index contributed by atoms with van der Waals surface area (Å²) in [6.45, 7) is 2.45. The van der Waals surface area contributed by atoms with Gasteiger partial charge in [0.05, 0.1) is 0 Å². The summed E-state index contributed by atoms with van der Waals surface area (Å²) in [6, 6.07) is 10.2. The van der Waals surface area contributed by atoms with E-state index < -0.39 is 13.2 Å². The lowest BCUT2D eigenvalue weighted by Crippen LogP contribution is -2.60. The highest BCUT2D eigenvalue weighted by Crippen LogP contribution is 2.37. The second kappa shape index (κ2) is 5.84. The van der Waals surface area contributed by atoms with Gasteiger partial charge in [0.15, 0.2) is 0 Å². The standard InChI is InChI=1S/C15H22BFN2O/c1-16(20)19-12-7-8-14(19)15(17)13(9-12)18-10-11-5-3-2-4-6-11/h2-6,12-15,18,20H,7-10H2,1H3/t12?,13-,14?,15-/m0/s1. The molecular formula is C15H22BFN2O. The monoisotopic (exact) mass is 276 g/mol. The third-order valence-corrected chi connectivity index (χ3v) is 4.72. The molecule has 1 aromatic carbocycles. The Morgan fingerprint density at radius 2 is 2.10 bits per heavy atom. The maximum Gasteiger partial charge on any atom is 0.376 e. The molecule has 2 fully saturated rings. The summed E-state index contributed by atoms with van der Waals surface area (Å²) in [5, 5.41) is 13.2. The van der Waals surface area contributed by atoms with Crippen LogP contribution in [0.15, 0.2) is 30.3 Å². The Balaban J connectivity index is 1.62. The summed E-state index contributed by atoms with van der Waals surface area (Å²) in [4.78, 5) is 1.96. The van der Waals surface area contributed by atoms with Gasteiger partial charge in [0.2, 0.25) is 0 Å². The van der Waals surface area contributed by atoms with Crippen LogP contribution in [-0.2, 0) is 6.54 Å². The molecular weight excluding hydrogens is 254 g/mol. The van der Waals surface area contributed by atoms with Crippen LogP contribution >= 0.6 is 0 Å². The van der Waals surface area contributed by atoms with Crippen molar-refractivity contribution < 1.29 is 9.41 Å². The predicted molar refractivity (Wildman–Crippen MR) is 79.1 cm³/mol. The van der Waals surface area contributed by atoms with E-state index in [0.717, 1.165) is 19.3 Å². The number of halogens is 1. The molecule has 20 heavy (non-hydrogen) atoms. The zero-order valence-corrected chi connectivity index (χ0v) is 11.9. The number of nitrogens with one attached hydrogen (secondary N) is 1. The number of fused-ring (bicyclic) bond motifs is 2. The highest BCUT2D eigenvalue weighted by atomic mass is 19.1. The van der Waals surface area contributed by atoms with Crippen molar-refractivity contribution in [3.05, 3.63) is 35.9 Å². The molecule has 0 spiro atoms. The third-order valence-electron chi connectivity index (χ3n) is 4.72. The van der Waals surface area contributed by atoms with Gasteiger partial charge in [-0.1, -0.05) is 30.3 Å². The molecule has 0 amide bonds. The molecule has 5 heteroatoms. The molecule has 1 aromatic rings. The number of hydrogen-bond acceptors (Lipinski definition) is 3. The minimum absolute atomic E-state index is 0.0947. The Labute approximate surface area is 120 Å². The number of nitrogens with zero attached hydrogens (tertiary/aromatic N) is 1. The van der Waals surface area contributed by atoms with E-state index in [1.54, 1.807) is 6.82 Å². The molecule has 2 heterocycles. The third kappa shape index (κ3) is 2.62. The van der Waals surface area contributed by atoms with Crippen molar-refractivity contribution in [3.8, 4) is 0 Å². The Hall–Kier alpha value is -0.905. The minimum atomic E-state index is -0.896. The average molecular weight is 276 g/mol. The van der Waals surface area contributed by atoms with Gasteiger partial charge in [-0.15, -0.1) is 0 Å². The molecule has 0 aromatic heterocycles. The van der Waals surface area contributed by atoms with E-state index in [1.807, 2.05) is 23.0 Å². The van der Waals surface area contributed by atoms with Crippen molar-refractivity contribution >= 4 is 7.05 Å². The number of rotatable bonds is 4. The van der Waals surface area contributed by atoms with Gasteiger partial charge >= 0.3 is 7.05 Å². The SMILES string of the molecule is CB(O)N1C2CCC1[C@@H](F)[C@@H](NCc1ccccc1)C2. The molecule has 108 valence electrons. The topological polar surface area (TPSA) is 35.5 Å². The smallest absolute Gasteiger partial charge is 0.376 e. The van der Waals surface area contributed by atoms with Crippen molar-refractivity contribution in [2.75, 3.05) is 0 Å². The number of benzene rings is 1. The molecule has 4 atom stereocenters. The van der Waals surface area contributed by atoms with Crippen LogP contribution < -0.4 is 5.32 Å². The summed E-state index contributed by atoms with van der Waals surface area (Å²) < 4.78 is 14.6. The fourth-order valence-corrected chi connectivity index (χ4v) is 3.81. The molecule has 2 aliphatic rings. The van der Waals surface area contributed by atoms with Gasteiger partial charge in [0, 0.05) is 24.7 Å². The van der Waals surface area contributed by atoms with E-state index in [9.17, 15) is 9.41 Å². The maximum absolute atomic E-state index is 14.6. The van der Waals surface area contributed by atoms with E-state index in [2.05, 4.69) is 17.4 Å². The Morgan fingerprint density at radius 3 is 2.80 bits per heavy atom. The second-order valence-corrected chi connectivity index (χ2v) is 6.03. The van der Waals surface area contributed by atoms with Crippen LogP contribution in [0.2, 0.25) is 6.82 Å². The molecule has 3 rings (SSSR count). The zero-order valence-electron chi connectivity index (χ0n) is 11.9. The highest BCUT2D eigenvalue weighted by Gasteiger charge is 2.49. The van der Waals surface area contributed by atoms with Crippen LogP contribution in [0.3, 0.4) is 0 Å². The fraction of sp³-hybridized carbons (Fsp3) is 0.600. The summed E-state index contributed by atoms with van der Waals surface area (Å²) in [7, 11) is -0.541. The molecule has 2 saturated heterocycles. The summed E-state index contributed by atoms with van der Waals surface area (Å²) in [6.07, 6.45) is 1.75. The van der Waals surface area contributed by atoms with E-state index in [4.69, 9.17) is 0 Å². The number of hydrogen-bond donors (Lipinski definition) is 2. The first-order valence-corrected chi connectivity index (χ1v) is 7.53. The normalized spacial score (nSPS) is 33.4. The maximum atomic E-state index is 14.6. The second-order valence-electron chi connectivity index (χ2n) is 6.03. The van der Waals surface area contributed by atoms with Crippen molar-refractivity contribution in [3.63, 3.8) is 0 Å². The first-order chi connectivity index (χ1) is 9.66. The number of piperidine rings is 1. The van der Waals surface area contributed by atoms with Crippen LogP contribution in [0, 0.1) is 0 Å².